The number of piperazine rings is 1. The second-order valence-corrected chi connectivity index (χ2v) is 7.57. The third kappa shape index (κ3) is 4.96. The van der Waals surface area contributed by atoms with Crippen LogP contribution in [0.4, 0.5) is 0 Å². The zero-order valence-corrected chi connectivity index (χ0v) is 15.4. The fourth-order valence-electron chi connectivity index (χ4n) is 3.73. The number of ether oxygens (including phenoxy) is 2. The Morgan fingerprint density at radius 3 is 2.68 bits per heavy atom. The minimum absolute atomic E-state index is 0.0149. The lowest BCUT2D eigenvalue weighted by molar-refractivity contribution is -0.158. The van der Waals surface area contributed by atoms with E-state index in [0.717, 1.165) is 45.4 Å². The number of carbonyl (C=O) groups is 1. The lowest BCUT2D eigenvalue weighted by Gasteiger charge is -2.39. The first-order valence-corrected chi connectivity index (χ1v) is 9.76. The van der Waals surface area contributed by atoms with E-state index in [2.05, 4.69) is 18.0 Å². The Kier molecular flexibility index (Phi) is 6.73. The van der Waals surface area contributed by atoms with Gasteiger partial charge in [-0.2, -0.15) is 0 Å². The first kappa shape index (κ1) is 18.7. The van der Waals surface area contributed by atoms with Gasteiger partial charge in [0.15, 0.2) is 5.76 Å². The molecule has 0 unspecified atom stereocenters. The van der Waals surface area contributed by atoms with E-state index in [-0.39, 0.29) is 18.8 Å². The minimum Gasteiger partial charge on any atom is -0.459 e. The third-order valence-corrected chi connectivity index (χ3v) is 5.70. The predicted octanol–water partition coefficient (Wildman–Crippen LogP) is 1.60. The number of likely N-dealkylation sites (N-methyl/N-ethyl adjacent to an activating group) is 1. The van der Waals surface area contributed by atoms with E-state index < -0.39 is 0 Å². The van der Waals surface area contributed by atoms with Gasteiger partial charge in [0.05, 0.1) is 6.61 Å². The average molecular weight is 352 g/mol. The highest BCUT2D eigenvalue weighted by Crippen LogP contribution is 2.40. The van der Waals surface area contributed by atoms with Crippen LogP contribution < -0.4 is 0 Å². The average Bonchev–Trinajstić information content (AvgIpc) is 2.57. The quantitative estimate of drug-likeness (QED) is 0.705. The molecule has 0 aromatic rings. The van der Waals surface area contributed by atoms with Crippen molar-refractivity contribution in [1.82, 2.24) is 9.80 Å². The number of nitrogens with zero attached hydrogens (tertiary/aromatic N) is 2. The number of aliphatic hydroxyl groups is 1. The maximum atomic E-state index is 12.9. The van der Waals surface area contributed by atoms with Gasteiger partial charge in [0.1, 0.15) is 0 Å². The summed E-state index contributed by atoms with van der Waals surface area (Å²) in [7, 11) is 2.08. The lowest BCUT2D eigenvalue weighted by Crippen LogP contribution is -2.48. The van der Waals surface area contributed by atoms with E-state index >= 15 is 0 Å². The summed E-state index contributed by atoms with van der Waals surface area (Å²) in [5.41, 5.74) is 0. The first-order chi connectivity index (χ1) is 12.2. The van der Waals surface area contributed by atoms with Crippen LogP contribution in [0, 0.1) is 11.8 Å². The molecule has 0 spiro atoms. The zero-order valence-electron chi connectivity index (χ0n) is 15.4. The Morgan fingerprint density at radius 2 is 2.04 bits per heavy atom. The number of carbonyl (C=O) groups excluding carboxylic acids is 1. The van der Waals surface area contributed by atoms with Crippen LogP contribution in [0.15, 0.2) is 11.8 Å². The first-order valence-electron chi connectivity index (χ1n) is 9.76. The topological polar surface area (TPSA) is 62.2 Å². The largest absolute Gasteiger partial charge is 0.459 e. The van der Waals surface area contributed by atoms with Crippen LogP contribution in [0.3, 0.4) is 0 Å². The Morgan fingerprint density at radius 1 is 1.28 bits per heavy atom. The Balaban J connectivity index is 1.60. The summed E-state index contributed by atoms with van der Waals surface area (Å²) < 4.78 is 11.8. The van der Waals surface area contributed by atoms with Gasteiger partial charge in [-0.25, -0.2) is 0 Å². The third-order valence-electron chi connectivity index (χ3n) is 5.70. The molecule has 3 rings (SSSR count). The molecule has 6 heteroatoms. The van der Waals surface area contributed by atoms with Crippen LogP contribution in [-0.2, 0) is 14.3 Å². The molecule has 25 heavy (non-hydrogen) atoms. The Bertz CT molecular complexity index is 470. The molecule has 3 aliphatic rings. The molecule has 2 aliphatic heterocycles. The molecule has 1 aliphatic carbocycles. The summed E-state index contributed by atoms with van der Waals surface area (Å²) in [6.07, 6.45) is 7.90. The van der Waals surface area contributed by atoms with Crippen molar-refractivity contribution in [3.05, 3.63) is 11.8 Å². The van der Waals surface area contributed by atoms with Gasteiger partial charge in [-0.05, 0) is 50.6 Å². The molecule has 2 atom stereocenters. The van der Waals surface area contributed by atoms with E-state index in [0.29, 0.717) is 24.2 Å². The lowest BCUT2D eigenvalue weighted by atomic mass is 9.73. The van der Waals surface area contributed by atoms with Gasteiger partial charge in [0.2, 0.25) is 6.29 Å². The van der Waals surface area contributed by atoms with Crippen LogP contribution in [0.25, 0.3) is 0 Å². The van der Waals surface area contributed by atoms with E-state index in [1.807, 2.05) is 4.90 Å². The van der Waals surface area contributed by atoms with Crippen molar-refractivity contribution >= 4 is 5.91 Å². The molecule has 0 aromatic heterocycles. The number of unbranched alkanes of at least 4 members (excludes halogenated alkanes) is 1. The SMILES string of the molecule is CN1CCN(C(=O)C2=C[C@H](C3CCC3)C[C@H](OCCCCO)O2)CC1. The smallest absolute Gasteiger partial charge is 0.288 e. The second kappa shape index (κ2) is 9.01. The molecule has 1 saturated carbocycles. The van der Waals surface area contributed by atoms with Gasteiger partial charge in [0, 0.05) is 39.2 Å². The highest BCUT2D eigenvalue weighted by molar-refractivity contribution is 5.91. The summed E-state index contributed by atoms with van der Waals surface area (Å²) in [6.45, 7) is 4.09. The van der Waals surface area contributed by atoms with E-state index in [9.17, 15) is 4.79 Å². The van der Waals surface area contributed by atoms with Crippen molar-refractivity contribution in [2.24, 2.45) is 11.8 Å². The molecule has 6 nitrogen and oxygen atoms in total. The van der Waals surface area contributed by atoms with Gasteiger partial charge in [0.25, 0.3) is 5.91 Å². The van der Waals surface area contributed by atoms with Crippen LogP contribution in [0.2, 0.25) is 0 Å². The maximum Gasteiger partial charge on any atom is 0.288 e. The van der Waals surface area contributed by atoms with Crippen LogP contribution in [0.1, 0.15) is 38.5 Å². The van der Waals surface area contributed by atoms with Crippen molar-refractivity contribution in [2.45, 2.75) is 44.8 Å². The van der Waals surface area contributed by atoms with Gasteiger partial charge >= 0.3 is 0 Å². The van der Waals surface area contributed by atoms with E-state index in [4.69, 9.17) is 14.6 Å². The number of amides is 1. The standard InChI is InChI=1S/C19H32N2O4/c1-20-7-9-21(10-8-20)19(23)17-13-16(15-5-4-6-15)14-18(25-17)24-12-3-2-11-22/h13,15-16,18,22H,2-12,14H2,1H3/t16-,18+/m0/s1. The van der Waals surface area contributed by atoms with E-state index in [1.165, 1.54) is 19.3 Å². The molecular weight excluding hydrogens is 320 g/mol. The molecule has 2 fully saturated rings. The molecule has 2 heterocycles. The van der Waals surface area contributed by atoms with Crippen molar-refractivity contribution in [1.29, 1.82) is 0 Å². The molecular formula is C19H32N2O4. The van der Waals surface area contributed by atoms with Crippen molar-refractivity contribution in [3.8, 4) is 0 Å². The molecule has 1 saturated heterocycles. The van der Waals surface area contributed by atoms with Crippen molar-refractivity contribution in [3.63, 3.8) is 0 Å². The van der Waals surface area contributed by atoms with Gasteiger partial charge in [-0.1, -0.05) is 6.42 Å². The molecule has 0 radical (unpaired) electrons. The monoisotopic (exact) mass is 352 g/mol. The van der Waals surface area contributed by atoms with Gasteiger partial charge in [-0.3, -0.25) is 4.79 Å². The summed E-state index contributed by atoms with van der Waals surface area (Å²) >= 11 is 0. The van der Waals surface area contributed by atoms with Gasteiger partial charge in [-0.15, -0.1) is 0 Å². The summed E-state index contributed by atoms with van der Waals surface area (Å²) in [5, 5.41) is 8.89. The number of aliphatic hydroxyl groups excluding tert-OH is 1. The van der Waals surface area contributed by atoms with Gasteiger partial charge < -0.3 is 24.4 Å². The fourth-order valence-corrected chi connectivity index (χ4v) is 3.73. The number of rotatable bonds is 7. The number of hydrogen-bond donors (Lipinski definition) is 1. The van der Waals surface area contributed by atoms with Crippen LogP contribution in [0.5, 0.6) is 0 Å². The highest BCUT2D eigenvalue weighted by Gasteiger charge is 2.36. The van der Waals surface area contributed by atoms with Crippen molar-refractivity contribution < 1.29 is 19.4 Å². The predicted molar refractivity (Wildman–Crippen MR) is 94.8 cm³/mol. The molecule has 1 N–H and O–H groups in total. The molecule has 1 amide bonds. The second-order valence-electron chi connectivity index (χ2n) is 7.57. The fraction of sp³-hybridized carbons (Fsp3) is 0.842. The summed E-state index contributed by atoms with van der Waals surface area (Å²) in [5.74, 6) is 1.56. The summed E-state index contributed by atoms with van der Waals surface area (Å²) in [6, 6.07) is 0. The molecule has 142 valence electrons. The van der Waals surface area contributed by atoms with E-state index in [1.54, 1.807) is 0 Å². The number of allylic oxidation sites excluding steroid dienone is 1. The highest BCUT2D eigenvalue weighted by atomic mass is 16.7. The normalized spacial score (nSPS) is 28.2. The maximum absolute atomic E-state index is 12.9. The Labute approximate surface area is 150 Å². The Hall–Kier alpha value is -1.11. The summed E-state index contributed by atoms with van der Waals surface area (Å²) in [4.78, 5) is 17.0. The van der Waals surface area contributed by atoms with Crippen molar-refractivity contribution in [2.75, 3.05) is 46.4 Å². The van der Waals surface area contributed by atoms with Crippen LogP contribution in [-0.4, -0.2) is 73.5 Å². The molecule has 0 aromatic carbocycles. The zero-order chi connectivity index (χ0) is 17.6. The van der Waals surface area contributed by atoms with Crippen LogP contribution >= 0.6 is 0 Å². The molecule has 0 bridgehead atoms. The minimum atomic E-state index is -0.333. The number of hydrogen-bond acceptors (Lipinski definition) is 5.